The predicted octanol–water partition coefficient (Wildman–Crippen LogP) is 1.05. The molecule has 4 N–H and O–H groups in total. The molecule has 1 aromatic carbocycles. The van der Waals surface area contributed by atoms with Crippen LogP contribution in [0.25, 0.3) is 0 Å². The average molecular weight is 169 g/mol. The maximum absolute atomic E-state index is 9.31. The summed E-state index contributed by atoms with van der Waals surface area (Å²) >= 11 is 0. The van der Waals surface area contributed by atoms with Crippen LogP contribution in [0.15, 0.2) is 18.2 Å². The first-order chi connectivity index (χ1) is 5.66. The normalized spacial score (nSPS) is 12.8. The van der Waals surface area contributed by atoms with Gasteiger partial charge in [-0.2, -0.15) is 0 Å². The zero-order valence-electron chi connectivity index (χ0n) is 6.69. The quantitative estimate of drug-likeness (QED) is 0.457. The number of rotatable bonds is 2. The van der Waals surface area contributed by atoms with Gasteiger partial charge >= 0.3 is 0 Å². The van der Waals surface area contributed by atoms with Crippen LogP contribution in [-0.4, -0.2) is 10.2 Å². The molecule has 0 bridgehead atoms. The van der Waals surface area contributed by atoms with Crippen molar-refractivity contribution in [2.24, 2.45) is 5.90 Å². The first-order valence-electron chi connectivity index (χ1n) is 3.53. The third kappa shape index (κ3) is 1.49. The van der Waals surface area contributed by atoms with Crippen LogP contribution in [0, 0.1) is 0 Å². The van der Waals surface area contributed by atoms with Gasteiger partial charge in [-0.3, -0.25) is 4.84 Å². The lowest BCUT2D eigenvalue weighted by atomic mass is 10.1. The first kappa shape index (κ1) is 8.83. The van der Waals surface area contributed by atoms with Gasteiger partial charge in [-0.1, -0.05) is 12.1 Å². The van der Waals surface area contributed by atoms with E-state index in [0.717, 1.165) is 0 Å². The summed E-state index contributed by atoms with van der Waals surface area (Å²) in [5.74, 6) is 4.58. The highest BCUT2D eigenvalue weighted by Gasteiger charge is 2.11. The van der Waals surface area contributed by atoms with Crippen molar-refractivity contribution in [3.8, 4) is 11.5 Å². The molecule has 0 saturated carbocycles. The van der Waals surface area contributed by atoms with Crippen LogP contribution in [0.1, 0.15) is 18.6 Å². The molecule has 1 aromatic rings. The summed E-state index contributed by atoms with van der Waals surface area (Å²) in [5.41, 5.74) is 0.470. The predicted molar refractivity (Wildman–Crippen MR) is 43.5 cm³/mol. The van der Waals surface area contributed by atoms with E-state index in [0.29, 0.717) is 5.56 Å². The van der Waals surface area contributed by atoms with E-state index in [1.807, 2.05) is 0 Å². The van der Waals surface area contributed by atoms with Crippen LogP contribution in [0.2, 0.25) is 0 Å². The maximum Gasteiger partial charge on any atom is 0.163 e. The topological polar surface area (TPSA) is 75.7 Å². The van der Waals surface area contributed by atoms with Gasteiger partial charge in [-0.25, -0.2) is 5.90 Å². The zero-order valence-corrected chi connectivity index (χ0v) is 6.69. The second-order valence-electron chi connectivity index (χ2n) is 2.49. The molecule has 1 rings (SSSR count). The van der Waals surface area contributed by atoms with E-state index in [1.165, 1.54) is 6.07 Å². The molecule has 4 nitrogen and oxygen atoms in total. The van der Waals surface area contributed by atoms with E-state index in [2.05, 4.69) is 4.84 Å². The lowest BCUT2D eigenvalue weighted by Crippen LogP contribution is -2.05. The molecule has 1 unspecified atom stereocenters. The smallest absolute Gasteiger partial charge is 0.163 e. The van der Waals surface area contributed by atoms with E-state index in [-0.39, 0.29) is 11.5 Å². The van der Waals surface area contributed by atoms with Crippen molar-refractivity contribution in [1.29, 1.82) is 0 Å². The van der Waals surface area contributed by atoms with Crippen molar-refractivity contribution >= 4 is 0 Å². The number of benzene rings is 1. The number of phenols is 2. The van der Waals surface area contributed by atoms with Gasteiger partial charge in [0.25, 0.3) is 0 Å². The molecule has 0 aliphatic heterocycles. The molecular weight excluding hydrogens is 158 g/mol. The third-order valence-electron chi connectivity index (χ3n) is 1.69. The molecule has 0 spiro atoms. The van der Waals surface area contributed by atoms with Crippen LogP contribution < -0.4 is 5.90 Å². The fraction of sp³-hybridized carbons (Fsp3) is 0.250. The molecule has 0 saturated heterocycles. The van der Waals surface area contributed by atoms with Gasteiger partial charge in [0.1, 0.15) is 6.10 Å². The van der Waals surface area contributed by atoms with Crippen molar-refractivity contribution in [1.82, 2.24) is 0 Å². The van der Waals surface area contributed by atoms with Gasteiger partial charge in [0.05, 0.1) is 0 Å². The Kier molecular flexibility index (Phi) is 2.52. The highest BCUT2D eigenvalue weighted by atomic mass is 16.6. The summed E-state index contributed by atoms with van der Waals surface area (Å²) < 4.78 is 0. The molecule has 0 heterocycles. The largest absolute Gasteiger partial charge is 0.504 e. The Labute approximate surface area is 70.2 Å². The minimum absolute atomic E-state index is 0.170. The highest BCUT2D eigenvalue weighted by molar-refractivity contribution is 5.45. The summed E-state index contributed by atoms with van der Waals surface area (Å²) in [5, 5.41) is 18.4. The third-order valence-corrected chi connectivity index (χ3v) is 1.69. The summed E-state index contributed by atoms with van der Waals surface area (Å²) in [6.07, 6.45) is -0.433. The van der Waals surface area contributed by atoms with Gasteiger partial charge in [0.2, 0.25) is 0 Å². The standard InChI is InChI=1S/C8H11NO3/c1-5(12-9)6-3-2-4-7(10)8(6)11/h2-5,10-11H,9H2,1H3. The molecule has 1 atom stereocenters. The van der Waals surface area contributed by atoms with Crippen molar-refractivity contribution < 1.29 is 15.1 Å². The summed E-state index contributed by atoms with van der Waals surface area (Å²) in [7, 11) is 0. The minimum atomic E-state index is -0.433. The van der Waals surface area contributed by atoms with Crippen LogP contribution >= 0.6 is 0 Å². The molecule has 0 aromatic heterocycles. The van der Waals surface area contributed by atoms with Gasteiger partial charge in [-0.05, 0) is 13.0 Å². The van der Waals surface area contributed by atoms with Gasteiger partial charge in [0, 0.05) is 5.56 Å². The highest BCUT2D eigenvalue weighted by Crippen LogP contribution is 2.32. The van der Waals surface area contributed by atoms with Gasteiger partial charge in [0.15, 0.2) is 11.5 Å². The molecule has 0 amide bonds. The summed E-state index contributed by atoms with van der Waals surface area (Å²) in [4.78, 5) is 4.50. The second-order valence-corrected chi connectivity index (χ2v) is 2.49. The van der Waals surface area contributed by atoms with Crippen molar-refractivity contribution in [3.63, 3.8) is 0 Å². The lowest BCUT2D eigenvalue weighted by molar-refractivity contribution is 0.0644. The van der Waals surface area contributed by atoms with Crippen molar-refractivity contribution in [2.75, 3.05) is 0 Å². The van der Waals surface area contributed by atoms with E-state index >= 15 is 0 Å². The van der Waals surface area contributed by atoms with Gasteiger partial charge < -0.3 is 10.2 Å². The molecule has 0 fully saturated rings. The number of phenolic OH excluding ortho intramolecular Hbond substituents is 2. The van der Waals surface area contributed by atoms with Crippen molar-refractivity contribution in [3.05, 3.63) is 23.8 Å². The Bertz CT molecular complexity index is 275. The molecule has 12 heavy (non-hydrogen) atoms. The first-order valence-corrected chi connectivity index (χ1v) is 3.53. The van der Waals surface area contributed by atoms with E-state index in [1.54, 1.807) is 19.1 Å². The fourth-order valence-electron chi connectivity index (χ4n) is 0.950. The van der Waals surface area contributed by atoms with Crippen LogP contribution in [0.3, 0.4) is 0 Å². The minimum Gasteiger partial charge on any atom is -0.504 e. The zero-order chi connectivity index (χ0) is 9.14. The van der Waals surface area contributed by atoms with E-state index in [4.69, 9.17) is 11.0 Å². The fourth-order valence-corrected chi connectivity index (χ4v) is 0.950. The maximum atomic E-state index is 9.31. The van der Waals surface area contributed by atoms with Crippen LogP contribution in [-0.2, 0) is 4.84 Å². The second kappa shape index (κ2) is 3.42. The number of aromatic hydroxyl groups is 2. The average Bonchev–Trinajstić information content (AvgIpc) is 2.08. The van der Waals surface area contributed by atoms with Crippen molar-refractivity contribution in [2.45, 2.75) is 13.0 Å². The number of hydrogen-bond donors (Lipinski definition) is 3. The van der Waals surface area contributed by atoms with Crippen LogP contribution in [0.4, 0.5) is 0 Å². The molecule has 66 valence electrons. The van der Waals surface area contributed by atoms with Gasteiger partial charge in [-0.15, -0.1) is 0 Å². The molecule has 0 aliphatic rings. The SMILES string of the molecule is CC(ON)c1cccc(O)c1O. The Morgan fingerprint density at radius 3 is 2.67 bits per heavy atom. The number of hydrogen-bond acceptors (Lipinski definition) is 4. The van der Waals surface area contributed by atoms with Crippen LogP contribution in [0.5, 0.6) is 11.5 Å². The van der Waals surface area contributed by atoms with E-state index < -0.39 is 6.10 Å². The summed E-state index contributed by atoms with van der Waals surface area (Å²) in [6, 6.07) is 4.63. The number of nitrogens with two attached hydrogens (primary N) is 1. The summed E-state index contributed by atoms with van der Waals surface area (Å²) in [6.45, 7) is 1.68. The lowest BCUT2D eigenvalue weighted by Gasteiger charge is -2.10. The Balaban J connectivity index is 3.07. The Morgan fingerprint density at radius 1 is 1.42 bits per heavy atom. The molecular formula is C8H11NO3. The molecule has 0 radical (unpaired) electrons. The molecule has 0 aliphatic carbocycles. The Hall–Kier alpha value is -1.26. The van der Waals surface area contributed by atoms with E-state index in [9.17, 15) is 5.11 Å². The Morgan fingerprint density at radius 2 is 2.08 bits per heavy atom. The monoisotopic (exact) mass is 169 g/mol. The molecule has 4 heteroatoms. The number of para-hydroxylation sites is 1.